The molecule has 0 aliphatic rings. The minimum atomic E-state index is 0.592. The Labute approximate surface area is 137 Å². The van der Waals surface area contributed by atoms with E-state index in [2.05, 4.69) is 60.8 Å². The van der Waals surface area contributed by atoms with Crippen LogP contribution in [-0.2, 0) is 13.1 Å². The first-order chi connectivity index (χ1) is 10.6. The maximum absolute atomic E-state index is 5.33. The Bertz CT molecular complexity index is 603. The van der Waals surface area contributed by atoms with Crippen LogP contribution < -0.4 is 10.6 Å². The number of hydrogen-bond acceptors (Lipinski definition) is 2. The van der Waals surface area contributed by atoms with E-state index < -0.39 is 0 Å². The normalized spacial score (nSPS) is 12.0. The van der Waals surface area contributed by atoms with E-state index in [1.165, 1.54) is 5.56 Å². The van der Waals surface area contributed by atoms with Gasteiger partial charge in [0.05, 0.1) is 6.20 Å². The SMILES string of the molecule is CCC(C)c1ccc(NC(=S)NCc2cnn(CC)c2)cc1. The molecule has 1 atom stereocenters. The summed E-state index contributed by atoms with van der Waals surface area (Å²) in [7, 11) is 0. The van der Waals surface area contributed by atoms with E-state index in [4.69, 9.17) is 12.2 Å². The van der Waals surface area contributed by atoms with Gasteiger partial charge >= 0.3 is 0 Å². The minimum absolute atomic E-state index is 0.592. The molecule has 22 heavy (non-hydrogen) atoms. The number of nitrogens with one attached hydrogen (secondary N) is 2. The van der Waals surface area contributed by atoms with Crippen molar-refractivity contribution in [3.05, 3.63) is 47.8 Å². The Morgan fingerprint density at radius 1 is 1.27 bits per heavy atom. The van der Waals surface area contributed by atoms with Crippen LogP contribution in [0.3, 0.4) is 0 Å². The molecule has 2 aromatic rings. The van der Waals surface area contributed by atoms with Gasteiger partial charge in [0.25, 0.3) is 0 Å². The van der Waals surface area contributed by atoms with E-state index in [1.54, 1.807) is 0 Å². The zero-order valence-electron chi connectivity index (χ0n) is 13.5. The Morgan fingerprint density at radius 2 is 2.00 bits per heavy atom. The first-order valence-corrected chi connectivity index (χ1v) is 8.19. The maximum atomic E-state index is 5.33. The van der Waals surface area contributed by atoms with Gasteiger partial charge in [-0.05, 0) is 49.2 Å². The Kier molecular flexibility index (Phi) is 5.95. The van der Waals surface area contributed by atoms with E-state index in [1.807, 2.05) is 17.1 Å². The molecule has 1 aromatic carbocycles. The molecule has 118 valence electrons. The second-order valence-electron chi connectivity index (χ2n) is 5.44. The number of hydrogen-bond donors (Lipinski definition) is 2. The summed E-state index contributed by atoms with van der Waals surface area (Å²) in [5.41, 5.74) is 3.49. The van der Waals surface area contributed by atoms with E-state index in [-0.39, 0.29) is 0 Å². The molecule has 2 rings (SSSR count). The molecular weight excluding hydrogens is 292 g/mol. The lowest BCUT2D eigenvalue weighted by atomic mass is 9.99. The van der Waals surface area contributed by atoms with Crippen molar-refractivity contribution in [3.63, 3.8) is 0 Å². The van der Waals surface area contributed by atoms with Gasteiger partial charge in [0.2, 0.25) is 0 Å². The molecule has 0 aliphatic carbocycles. The maximum Gasteiger partial charge on any atom is 0.171 e. The summed E-state index contributed by atoms with van der Waals surface area (Å²) < 4.78 is 1.90. The van der Waals surface area contributed by atoms with Crippen molar-refractivity contribution < 1.29 is 0 Å². The molecule has 0 fully saturated rings. The van der Waals surface area contributed by atoms with Crippen LogP contribution in [-0.4, -0.2) is 14.9 Å². The van der Waals surface area contributed by atoms with Crippen LogP contribution >= 0.6 is 12.2 Å². The highest BCUT2D eigenvalue weighted by atomic mass is 32.1. The van der Waals surface area contributed by atoms with E-state index in [9.17, 15) is 0 Å². The number of aromatic nitrogens is 2. The van der Waals surface area contributed by atoms with Crippen LogP contribution in [0.4, 0.5) is 5.69 Å². The largest absolute Gasteiger partial charge is 0.358 e. The Balaban J connectivity index is 1.83. The third-order valence-electron chi connectivity index (χ3n) is 3.81. The van der Waals surface area contributed by atoms with Gasteiger partial charge in [0.1, 0.15) is 0 Å². The van der Waals surface area contributed by atoms with Gasteiger partial charge in [-0.1, -0.05) is 26.0 Å². The van der Waals surface area contributed by atoms with Gasteiger partial charge in [0, 0.05) is 30.5 Å². The molecule has 1 heterocycles. The predicted molar refractivity (Wildman–Crippen MR) is 96.1 cm³/mol. The molecule has 1 aromatic heterocycles. The lowest BCUT2D eigenvalue weighted by Crippen LogP contribution is -2.27. The first-order valence-electron chi connectivity index (χ1n) is 7.78. The van der Waals surface area contributed by atoms with Crippen molar-refractivity contribution >= 4 is 23.0 Å². The third-order valence-corrected chi connectivity index (χ3v) is 4.06. The second kappa shape index (κ2) is 7.94. The highest BCUT2D eigenvalue weighted by Crippen LogP contribution is 2.20. The van der Waals surface area contributed by atoms with Gasteiger partial charge in [0.15, 0.2) is 5.11 Å². The number of rotatable bonds is 6. The molecule has 0 aliphatic heterocycles. The second-order valence-corrected chi connectivity index (χ2v) is 5.85. The molecule has 0 amide bonds. The average Bonchev–Trinajstić information content (AvgIpc) is 3.01. The van der Waals surface area contributed by atoms with Crippen molar-refractivity contribution in [2.75, 3.05) is 5.32 Å². The highest BCUT2D eigenvalue weighted by Gasteiger charge is 2.04. The van der Waals surface area contributed by atoms with E-state index in [0.717, 1.165) is 24.2 Å². The van der Waals surface area contributed by atoms with Crippen LogP contribution in [0.15, 0.2) is 36.7 Å². The summed E-state index contributed by atoms with van der Waals surface area (Å²) in [6, 6.07) is 8.46. The molecule has 4 nitrogen and oxygen atoms in total. The number of anilines is 1. The fourth-order valence-corrected chi connectivity index (χ4v) is 2.35. The average molecular weight is 316 g/mol. The molecule has 5 heteroatoms. The van der Waals surface area contributed by atoms with E-state index >= 15 is 0 Å². The van der Waals surface area contributed by atoms with Gasteiger partial charge < -0.3 is 10.6 Å². The fourth-order valence-electron chi connectivity index (χ4n) is 2.16. The van der Waals surface area contributed by atoms with Gasteiger partial charge in [-0.2, -0.15) is 5.10 Å². The standard InChI is InChI=1S/C17H24N4S/c1-4-13(3)15-6-8-16(9-7-15)20-17(22)18-10-14-11-19-21(5-2)12-14/h6-9,11-13H,4-5,10H2,1-3H3,(H2,18,20,22). The smallest absolute Gasteiger partial charge is 0.171 e. The van der Waals surface area contributed by atoms with Crippen LogP contribution in [0.2, 0.25) is 0 Å². The molecule has 0 radical (unpaired) electrons. The van der Waals surface area contributed by atoms with E-state index in [0.29, 0.717) is 17.6 Å². The van der Waals surface area contributed by atoms with Gasteiger partial charge in [-0.25, -0.2) is 0 Å². The lowest BCUT2D eigenvalue weighted by molar-refractivity contribution is 0.659. The van der Waals surface area contributed by atoms with Crippen molar-refractivity contribution in [1.29, 1.82) is 0 Å². The molecule has 1 unspecified atom stereocenters. The summed E-state index contributed by atoms with van der Waals surface area (Å²) in [4.78, 5) is 0. The minimum Gasteiger partial charge on any atom is -0.358 e. The van der Waals surface area contributed by atoms with Crippen LogP contribution in [0, 0.1) is 0 Å². The molecule has 0 saturated carbocycles. The summed E-state index contributed by atoms with van der Waals surface area (Å²) >= 11 is 5.33. The van der Waals surface area contributed by atoms with Crippen molar-refractivity contribution in [2.24, 2.45) is 0 Å². The fraction of sp³-hybridized carbons (Fsp3) is 0.412. The molecule has 2 N–H and O–H groups in total. The van der Waals surface area contributed by atoms with Crippen molar-refractivity contribution in [1.82, 2.24) is 15.1 Å². The number of thiocarbonyl (C=S) groups is 1. The van der Waals surface area contributed by atoms with Crippen LogP contribution in [0.5, 0.6) is 0 Å². The topological polar surface area (TPSA) is 41.9 Å². The predicted octanol–water partition coefficient (Wildman–Crippen LogP) is 3.90. The first kappa shape index (κ1) is 16.5. The number of aryl methyl sites for hydroxylation is 1. The molecule has 0 spiro atoms. The van der Waals surface area contributed by atoms with Crippen LogP contribution in [0.25, 0.3) is 0 Å². The van der Waals surface area contributed by atoms with Crippen molar-refractivity contribution in [2.45, 2.75) is 46.2 Å². The molecule has 0 saturated heterocycles. The Morgan fingerprint density at radius 3 is 2.59 bits per heavy atom. The Hall–Kier alpha value is -1.88. The summed E-state index contributed by atoms with van der Waals surface area (Å²) in [5, 5.41) is 11.3. The van der Waals surface area contributed by atoms with Gasteiger partial charge in [-0.15, -0.1) is 0 Å². The molecule has 0 bridgehead atoms. The summed E-state index contributed by atoms with van der Waals surface area (Å²) in [6.45, 7) is 8.07. The monoisotopic (exact) mass is 316 g/mol. The number of benzene rings is 1. The highest BCUT2D eigenvalue weighted by molar-refractivity contribution is 7.80. The lowest BCUT2D eigenvalue weighted by Gasteiger charge is -2.12. The zero-order valence-corrected chi connectivity index (χ0v) is 14.3. The zero-order chi connectivity index (χ0) is 15.9. The summed E-state index contributed by atoms with van der Waals surface area (Å²) in [5.74, 6) is 0.592. The van der Waals surface area contributed by atoms with Gasteiger partial charge in [-0.3, -0.25) is 4.68 Å². The van der Waals surface area contributed by atoms with Crippen LogP contribution in [0.1, 0.15) is 44.2 Å². The molecular formula is C17H24N4S. The third kappa shape index (κ3) is 4.56. The quantitative estimate of drug-likeness (QED) is 0.793. The summed E-state index contributed by atoms with van der Waals surface area (Å²) in [6.07, 6.45) is 5.04. The van der Waals surface area contributed by atoms with Crippen molar-refractivity contribution in [3.8, 4) is 0 Å². The number of nitrogens with zero attached hydrogens (tertiary/aromatic N) is 2.